The molecular formula is C17H36. The van der Waals surface area contributed by atoms with Crippen LogP contribution in [0.25, 0.3) is 0 Å². The number of hydrogen-bond donors (Lipinski definition) is 0. The van der Waals surface area contributed by atoms with Crippen molar-refractivity contribution in [3.05, 3.63) is 0 Å². The number of unbranched alkanes of at least 4 members (excludes halogenated alkanes) is 9. The van der Waals surface area contributed by atoms with E-state index in [0.717, 1.165) is 11.8 Å². The summed E-state index contributed by atoms with van der Waals surface area (Å²) in [6, 6.07) is 0. The fourth-order valence-corrected chi connectivity index (χ4v) is 2.29. The first-order valence-corrected chi connectivity index (χ1v) is 8.18. The summed E-state index contributed by atoms with van der Waals surface area (Å²) >= 11 is 0. The Labute approximate surface area is 111 Å². The van der Waals surface area contributed by atoms with Gasteiger partial charge in [-0.05, 0) is 11.8 Å². The summed E-state index contributed by atoms with van der Waals surface area (Å²) in [5, 5.41) is 0. The fraction of sp³-hybridized carbons (Fsp3) is 1.00. The van der Waals surface area contributed by atoms with Gasteiger partial charge in [0.05, 0.1) is 0 Å². The van der Waals surface area contributed by atoms with Crippen molar-refractivity contribution in [1.29, 1.82) is 0 Å². The molecule has 0 aromatic carbocycles. The molecule has 104 valence electrons. The minimum Gasteiger partial charge on any atom is -0.0654 e. The summed E-state index contributed by atoms with van der Waals surface area (Å²) in [5.41, 5.74) is 0. The van der Waals surface area contributed by atoms with Gasteiger partial charge in [-0.15, -0.1) is 0 Å². The van der Waals surface area contributed by atoms with Crippen molar-refractivity contribution in [1.82, 2.24) is 0 Å². The first kappa shape index (κ1) is 17.0. The molecule has 0 rings (SSSR count). The molecule has 0 spiro atoms. The van der Waals surface area contributed by atoms with Crippen LogP contribution in [-0.4, -0.2) is 0 Å². The van der Waals surface area contributed by atoms with E-state index in [-0.39, 0.29) is 0 Å². The van der Waals surface area contributed by atoms with Gasteiger partial charge in [0.2, 0.25) is 0 Å². The lowest BCUT2D eigenvalue weighted by molar-refractivity contribution is 0.374. The van der Waals surface area contributed by atoms with E-state index < -0.39 is 0 Å². The summed E-state index contributed by atoms with van der Waals surface area (Å²) in [5.74, 6) is 1.79. The van der Waals surface area contributed by atoms with Crippen molar-refractivity contribution in [3.8, 4) is 0 Å². The molecule has 1 atom stereocenters. The maximum atomic E-state index is 2.40. The van der Waals surface area contributed by atoms with E-state index in [1.165, 1.54) is 70.6 Å². The lowest BCUT2D eigenvalue weighted by Crippen LogP contribution is -2.03. The van der Waals surface area contributed by atoms with Gasteiger partial charge in [0.1, 0.15) is 0 Å². The Morgan fingerprint density at radius 3 is 1.41 bits per heavy atom. The molecule has 0 bridgehead atoms. The van der Waals surface area contributed by atoms with Crippen LogP contribution in [0.15, 0.2) is 0 Å². The molecule has 1 unspecified atom stereocenters. The second kappa shape index (κ2) is 12.5. The predicted molar refractivity (Wildman–Crippen MR) is 80.5 cm³/mol. The van der Waals surface area contributed by atoms with E-state index in [1.54, 1.807) is 0 Å². The van der Waals surface area contributed by atoms with Gasteiger partial charge >= 0.3 is 0 Å². The van der Waals surface area contributed by atoms with Gasteiger partial charge in [-0.1, -0.05) is 98.3 Å². The van der Waals surface area contributed by atoms with E-state index >= 15 is 0 Å². The van der Waals surface area contributed by atoms with E-state index in [9.17, 15) is 0 Å². The third kappa shape index (κ3) is 12.2. The molecule has 0 aliphatic rings. The third-order valence-electron chi connectivity index (χ3n) is 4.15. The highest BCUT2D eigenvalue weighted by molar-refractivity contribution is 4.57. The van der Waals surface area contributed by atoms with Crippen molar-refractivity contribution >= 4 is 0 Å². The Morgan fingerprint density at radius 1 is 0.588 bits per heavy atom. The van der Waals surface area contributed by atoms with Crippen LogP contribution in [0.2, 0.25) is 0 Å². The van der Waals surface area contributed by atoms with Gasteiger partial charge in [0.25, 0.3) is 0 Å². The molecule has 0 nitrogen and oxygen atoms in total. The molecule has 0 radical (unpaired) electrons. The standard InChI is InChI=1S/C17H36/c1-5-6-7-8-9-10-11-12-13-14-15-17(4)16(2)3/h16-17H,5-15H2,1-4H3. The first-order chi connectivity index (χ1) is 8.18. The molecule has 17 heavy (non-hydrogen) atoms. The second-order valence-electron chi connectivity index (χ2n) is 6.19. The van der Waals surface area contributed by atoms with E-state index in [2.05, 4.69) is 27.7 Å². The molecule has 0 aliphatic heterocycles. The zero-order chi connectivity index (χ0) is 12.9. The van der Waals surface area contributed by atoms with Crippen molar-refractivity contribution in [2.24, 2.45) is 11.8 Å². The van der Waals surface area contributed by atoms with Gasteiger partial charge < -0.3 is 0 Å². The maximum Gasteiger partial charge on any atom is -0.0420 e. The molecule has 0 aliphatic carbocycles. The molecule has 0 saturated heterocycles. The van der Waals surface area contributed by atoms with Crippen LogP contribution in [0.4, 0.5) is 0 Å². The predicted octanol–water partition coefficient (Wildman–Crippen LogP) is 6.59. The van der Waals surface area contributed by atoms with Crippen LogP contribution in [0, 0.1) is 11.8 Å². The third-order valence-corrected chi connectivity index (χ3v) is 4.15. The van der Waals surface area contributed by atoms with Crippen LogP contribution < -0.4 is 0 Å². The van der Waals surface area contributed by atoms with Crippen LogP contribution in [0.1, 0.15) is 98.3 Å². The van der Waals surface area contributed by atoms with E-state index in [1.807, 2.05) is 0 Å². The van der Waals surface area contributed by atoms with Gasteiger partial charge in [0, 0.05) is 0 Å². The summed E-state index contributed by atoms with van der Waals surface area (Å²) in [4.78, 5) is 0. The van der Waals surface area contributed by atoms with Crippen molar-refractivity contribution in [2.45, 2.75) is 98.3 Å². The van der Waals surface area contributed by atoms with Crippen LogP contribution in [-0.2, 0) is 0 Å². The average molecular weight is 240 g/mol. The SMILES string of the molecule is CCCCCCCCCCCCC(C)C(C)C. The Bertz CT molecular complexity index is 137. The molecule has 0 N–H and O–H groups in total. The lowest BCUT2D eigenvalue weighted by atomic mass is 9.92. The molecular weight excluding hydrogens is 204 g/mol. The smallest absolute Gasteiger partial charge is 0.0420 e. The van der Waals surface area contributed by atoms with Gasteiger partial charge in [-0.2, -0.15) is 0 Å². The monoisotopic (exact) mass is 240 g/mol. The Balaban J connectivity index is 3.03. The quantitative estimate of drug-likeness (QED) is 0.338. The fourth-order valence-electron chi connectivity index (χ4n) is 2.29. The normalized spacial score (nSPS) is 13.2. The summed E-state index contributed by atoms with van der Waals surface area (Å²) in [6.45, 7) is 9.39. The van der Waals surface area contributed by atoms with Gasteiger partial charge in [-0.25, -0.2) is 0 Å². The van der Waals surface area contributed by atoms with Crippen LogP contribution in [0.3, 0.4) is 0 Å². The molecule has 0 fully saturated rings. The average Bonchev–Trinajstić information content (AvgIpc) is 2.31. The highest BCUT2D eigenvalue weighted by Crippen LogP contribution is 2.18. The minimum atomic E-state index is 0.869. The topological polar surface area (TPSA) is 0 Å². The largest absolute Gasteiger partial charge is 0.0654 e. The zero-order valence-corrected chi connectivity index (χ0v) is 12.9. The van der Waals surface area contributed by atoms with Gasteiger partial charge in [0.15, 0.2) is 0 Å². The summed E-state index contributed by atoms with van der Waals surface area (Å²) < 4.78 is 0. The molecule has 0 heterocycles. The Hall–Kier alpha value is 0. The number of hydrogen-bond acceptors (Lipinski definition) is 0. The minimum absolute atomic E-state index is 0.869. The second-order valence-corrected chi connectivity index (χ2v) is 6.19. The van der Waals surface area contributed by atoms with Crippen molar-refractivity contribution in [3.63, 3.8) is 0 Å². The van der Waals surface area contributed by atoms with Crippen LogP contribution >= 0.6 is 0 Å². The Kier molecular flexibility index (Phi) is 12.5. The molecule has 0 heteroatoms. The number of rotatable bonds is 12. The highest BCUT2D eigenvalue weighted by atomic mass is 14.1. The van der Waals surface area contributed by atoms with Gasteiger partial charge in [-0.3, -0.25) is 0 Å². The highest BCUT2D eigenvalue weighted by Gasteiger charge is 2.05. The lowest BCUT2D eigenvalue weighted by Gasteiger charge is -2.14. The molecule has 0 aromatic heterocycles. The van der Waals surface area contributed by atoms with Crippen LogP contribution in [0.5, 0.6) is 0 Å². The zero-order valence-electron chi connectivity index (χ0n) is 12.9. The molecule has 0 amide bonds. The summed E-state index contributed by atoms with van der Waals surface area (Å²) in [6.07, 6.45) is 16.0. The molecule has 0 saturated carbocycles. The van der Waals surface area contributed by atoms with Crippen molar-refractivity contribution in [2.75, 3.05) is 0 Å². The molecule has 0 aromatic rings. The maximum absolute atomic E-state index is 2.40. The van der Waals surface area contributed by atoms with Crippen molar-refractivity contribution < 1.29 is 0 Å². The summed E-state index contributed by atoms with van der Waals surface area (Å²) in [7, 11) is 0. The van der Waals surface area contributed by atoms with E-state index in [4.69, 9.17) is 0 Å². The first-order valence-electron chi connectivity index (χ1n) is 8.18. The van der Waals surface area contributed by atoms with E-state index in [0.29, 0.717) is 0 Å². The Morgan fingerprint density at radius 2 is 1.00 bits per heavy atom.